The van der Waals surface area contributed by atoms with Gasteiger partial charge >= 0.3 is 5.76 Å². The quantitative estimate of drug-likeness (QED) is 0.410. The topological polar surface area (TPSA) is 139 Å². The van der Waals surface area contributed by atoms with E-state index in [4.69, 9.17) is 10.2 Å². The van der Waals surface area contributed by atoms with Crippen LogP contribution in [0.2, 0.25) is 0 Å². The number of hydrogen-bond donors (Lipinski definition) is 4. The Morgan fingerprint density at radius 3 is 2.69 bits per heavy atom. The van der Waals surface area contributed by atoms with Gasteiger partial charge in [-0.25, -0.2) is 9.78 Å². The summed E-state index contributed by atoms with van der Waals surface area (Å²) in [5, 5.41) is 6.37. The molecular weight excluding hydrogens is 372 g/mol. The number of carbonyl (C=O) groups is 1. The van der Waals surface area contributed by atoms with E-state index in [9.17, 15) is 9.59 Å². The van der Waals surface area contributed by atoms with Gasteiger partial charge in [0.05, 0.1) is 5.52 Å². The molecule has 0 fully saturated rings. The van der Waals surface area contributed by atoms with Crippen molar-refractivity contribution in [2.75, 3.05) is 10.6 Å². The first-order chi connectivity index (χ1) is 13.9. The van der Waals surface area contributed by atoms with Crippen molar-refractivity contribution in [1.29, 1.82) is 0 Å². The van der Waals surface area contributed by atoms with Gasteiger partial charge in [0.1, 0.15) is 5.82 Å². The van der Waals surface area contributed by atoms with Crippen LogP contribution in [0.3, 0.4) is 0 Å². The fraction of sp³-hybridized carbons (Fsp3) is 0.100. The van der Waals surface area contributed by atoms with Crippen molar-refractivity contribution in [1.82, 2.24) is 15.0 Å². The van der Waals surface area contributed by atoms with Crippen molar-refractivity contribution in [2.45, 2.75) is 13.8 Å². The molecule has 0 bridgehead atoms. The van der Waals surface area contributed by atoms with Crippen LogP contribution in [0, 0.1) is 13.8 Å². The molecule has 0 atom stereocenters. The third-order valence-electron chi connectivity index (χ3n) is 4.41. The molecule has 146 valence electrons. The van der Waals surface area contributed by atoms with Gasteiger partial charge in [0.2, 0.25) is 11.9 Å². The van der Waals surface area contributed by atoms with Crippen molar-refractivity contribution in [3.05, 3.63) is 69.8 Å². The van der Waals surface area contributed by atoms with Gasteiger partial charge in [0, 0.05) is 28.7 Å². The third-order valence-corrected chi connectivity index (χ3v) is 4.41. The van der Waals surface area contributed by atoms with E-state index in [1.54, 1.807) is 42.6 Å². The summed E-state index contributed by atoms with van der Waals surface area (Å²) < 4.78 is 5.01. The molecule has 0 saturated carbocycles. The van der Waals surface area contributed by atoms with Gasteiger partial charge < -0.3 is 20.8 Å². The van der Waals surface area contributed by atoms with Gasteiger partial charge in [-0.15, -0.1) is 0 Å². The van der Waals surface area contributed by atoms with Gasteiger partial charge in [-0.1, -0.05) is 0 Å². The highest BCUT2D eigenvalue weighted by molar-refractivity contribution is 5.93. The molecule has 0 spiro atoms. The average Bonchev–Trinajstić information content (AvgIpc) is 3.05. The minimum absolute atomic E-state index is 0.394. The second-order valence-electron chi connectivity index (χ2n) is 6.59. The average molecular weight is 390 g/mol. The predicted molar refractivity (Wildman–Crippen MR) is 110 cm³/mol. The van der Waals surface area contributed by atoms with E-state index in [-0.39, 0.29) is 0 Å². The summed E-state index contributed by atoms with van der Waals surface area (Å²) in [7, 11) is 0. The number of anilines is 4. The number of H-pyrrole nitrogens is 1. The molecular formula is C20H18N6O3. The van der Waals surface area contributed by atoms with Crippen LogP contribution < -0.4 is 22.1 Å². The number of rotatable bonds is 5. The smallest absolute Gasteiger partial charge is 0.408 e. The Morgan fingerprint density at radius 2 is 1.93 bits per heavy atom. The van der Waals surface area contributed by atoms with Gasteiger partial charge in [0.15, 0.2) is 5.58 Å². The Kier molecular flexibility index (Phi) is 4.47. The first-order valence-electron chi connectivity index (χ1n) is 8.80. The van der Waals surface area contributed by atoms with Crippen molar-refractivity contribution in [3.63, 3.8) is 0 Å². The fourth-order valence-corrected chi connectivity index (χ4v) is 2.87. The van der Waals surface area contributed by atoms with Crippen molar-refractivity contribution in [3.8, 4) is 0 Å². The fourth-order valence-electron chi connectivity index (χ4n) is 2.87. The summed E-state index contributed by atoms with van der Waals surface area (Å²) in [5.41, 5.74) is 10.0. The monoisotopic (exact) mass is 390 g/mol. The van der Waals surface area contributed by atoms with Crippen molar-refractivity contribution < 1.29 is 9.21 Å². The molecule has 29 heavy (non-hydrogen) atoms. The number of aromatic amines is 1. The molecule has 2 aromatic carbocycles. The lowest BCUT2D eigenvalue weighted by Gasteiger charge is -2.12. The second kappa shape index (κ2) is 7.12. The van der Waals surface area contributed by atoms with E-state index in [1.165, 1.54) is 0 Å². The largest absolute Gasteiger partial charge is 0.417 e. The maximum absolute atomic E-state index is 11.3. The number of nitrogens with zero attached hydrogens (tertiary/aromatic N) is 2. The molecule has 5 N–H and O–H groups in total. The summed E-state index contributed by atoms with van der Waals surface area (Å²) in [4.78, 5) is 34.1. The Morgan fingerprint density at radius 1 is 1.10 bits per heavy atom. The molecule has 0 aliphatic heterocycles. The lowest BCUT2D eigenvalue weighted by molar-refractivity contribution is 0.1000. The SMILES string of the molecule is Cc1cc(C(N)=O)ccc1Nc1ncc(C)c(Nc2ccc3oc(=O)[nH]c3c2)n1. The molecule has 4 rings (SSSR count). The molecule has 0 aliphatic carbocycles. The summed E-state index contributed by atoms with van der Waals surface area (Å²) in [6.07, 6.45) is 1.70. The van der Waals surface area contributed by atoms with E-state index in [2.05, 4.69) is 25.6 Å². The number of benzene rings is 2. The molecule has 2 aromatic heterocycles. The molecule has 0 unspecified atom stereocenters. The highest BCUT2D eigenvalue weighted by atomic mass is 16.4. The predicted octanol–water partition coefficient (Wildman–Crippen LogP) is 3.11. The zero-order chi connectivity index (χ0) is 20.5. The second-order valence-corrected chi connectivity index (χ2v) is 6.59. The van der Waals surface area contributed by atoms with Gasteiger partial charge in [-0.3, -0.25) is 9.78 Å². The lowest BCUT2D eigenvalue weighted by Crippen LogP contribution is -2.11. The first kappa shape index (κ1) is 18.2. The van der Waals surface area contributed by atoms with Crippen LogP contribution in [0.15, 0.2) is 51.8 Å². The highest BCUT2D eigenvalue weighted by Crippen LogP contribution is 2.24. The maximum atomic E-state index is 11.3. The third kappa shape index (κ3) is 3.79. The van der Waals surface area contributed by atoms with Crippen molar-refractivity contribution in [2.24, 2.45) is 5.73 Å². The van der Waals surface area contributed by atoms with Crippen LogP contribution in [0.5, 0.6) is 0 Å². The number of aryl methyl sites for hydroxylation is 2. The Hall–Kier alpha value is -4.14. The zero-order valence-corrected chi connectivity index (χ0v) is 15.7. The van der Waals surface area contributed by atoms with Crippen LogP contribution >= 0.6 is 0 Å². The molecule has 0 saturated heterocycles. The minimum Gasteiger partial charge on any atom is -0.408 e. The maximum Gasteiger partial charge on any atom is 0.417 e. The summed E-state index contributed by atoms with van der Waals surface area (Å²) in [6, 6.07) is 10.4. The number of hydrogen-bond acceptors (Lipinski definition) is 7. The van der Waals surface area contributed by atoms with E-state index < -0.39 is 11.7 Å². The first-order valence-corrected chi connectivity index (χ1v) is 8.80. The van der Waals surface area contributed by atoms with E-state index in [1.807, 2.05) is 13.8 Å². The van der Waals surface area contributed by atoms with E-state index in [0.29, 0.717) is 28.4 Å². The number of oxazole rings is 1. The van der Waals surface area contributed by atoms with E-state index >= 15 is 0 Å². The molecule has 0 aliphatic rings. The number of primary amides is 1. The Labute approximate surface area is 165 Å². The molecule has 9 heteroatoms. The van der Waals surface area contributed by atoms with E-state index in [0.717, 1.165) is 22.5 Å². The number of amides is 1. The van der Waals surface area contributed by atoms with Crippen LogP contribution in [0.1, 0.15) is 21.5 Å². The van der Waals surface area contributed by atoms with Gasteiger partial charge in [0.25, 0.3) is 0 Å². The molecule has 9 nitrogen and oxygen atoms in total. The molecule has 0 radical (unpaired) electrons. The number of nitrogens with one attached hydrogen (secondary N) is 3. The van der Waals surface area contributed by atoms with Crippen LogP contribution in [0.25, 0.3) is 11.1 Å². The number of nitrogens with two attached hydrogens (primary N) is 1. The Balaban J connectivity index is 1.60. The minimum atomic E-state index is -0.500. The highest BCUT2D eigenvalue weighted by Gasteiger charge is 2.09. The normalized spacial score (nSPS) is 10.8. The summed E-state index contributed by atoms with van der Waals surface area (Å²) >= 11 is 0. The standard InChI is InChI=1S/C20H18N6O3/c1-10-7-12(17(21)27)3-5-14(10)24-19-22-9-11(2)18(26-19)23-13-4-6-16-15(8-13)25-20(28)29-16/h3-9H,1-2H3,(H2,21,27)(H,25,28)(H2,22,23,24,26). The van der Waals surface area contributed by atoms with Gasteiger partial charge in [-0.2, -0.15) is 4.98 Å². The van der Waals surface area contributed by atoms with Gasteiger partial charge in [-0.05, 0) is 55.8 Å². The zero-order valence-electron chi connectivity index (χ0n) is 15.7. The van der Waals surface area contributed by atoms with Crippen LogP contribution in [0.4, 0.5) is 23.1 Å². The lowest BCUT2D eigenvalue weighted by atomic mass is 10.1. The number of aromatic nitrogens is 3. The Bertz CT molecular complexity index is 1290. The molecule has 2 heterocycles. The summed E-state index contributed by atoms with van der Waals surface area (Å²) in [6.45, 7) is 3.75. The van der Waals surface area contributed by atoms with Crippen LogP contribution in [-0.4, -0.2) is 20.9 Å². The van der Waals surface area contributed by atoms with Crippen molar-refractivity contribution >= 4 is 40.1 Å². The number of fused-ring (bicyclic) bond motifs is 1. The number of carbonyl (C=O) groups excluding carboxylic acids is 1. The summed E-state index contributed by atoms with van der Waals surface area (Å²) in [5.74, 6) is 0.0261. The molecule has 4 aromatic rings. The molecule has 1 amide bonds. The van der Waals surface area contributed by atoms with Crippen LogP contribution in [-0.2, 0) is 0 Å².